The SMILES string of the molecule is C=C(C)C(=O)OC(C)OC1CCO1. The fourth-order valence-electron chi connectivity index (χ4n) is 0.814. The van der Waals surface area contributed by atoms with Gasteiger partial charge in [-0.05, 0) is 13.8 Å². The Kier molecular flexibility index (Phi) is 3.45. The second-order valence-corrected chi connectivity index (χ2v) is 2.98. The van der Waals surface area contributed by atoms with Crippen LogP contribution in [0.2, 0.25) is 0 Å². The standard InChI is InChI=1S/C9H14O4/c1-6(2)9(10)13-7(3)12-8-4-5-11-8/h7-8H,1,4-5H2,2-3H3. The van der Waals surface area contributed by atoms with E-state index in [4.69, 9.17) is 14.2 Å². The van der Waals surface area contributed by atoms with Crippen LogP contribution in [0, 0.1) is 0 Å². The van der Waals surface area contributed by atoms with E-state index in [0.717, 1.165) is 6.42 Å². The fraction of sp³-hybridized carbons (Fsp3) is 0.667. The van der Waals surface area contributed by atoms with E-state index in [1.807, 2.05) is 0 Å². The van der Waals surface area contributed by atoms with E-state index in [9.17, 15) is 4.79 Å². The number of carbonyl (C=O) groups is 1. The molecule has 1 fully saturated rings. The van der Waals surface area contributed by atoms with Gasteiger partial charge in [0.25, 0.3) is 0 Å². The first-order chi connectivity index (χ1) is 6.09. The number of ether oxygens (including phenoxy) is 3. The highest BCUT2D eigenvalue weighted by molar-refractivity contribution is 5.86. The van der Waals surface area contributed by atoms with Crippen LogP contribution in [-0.2, 0) is 19.0 Å². The van der Waals surface area contributed by atoms with Crippen molar-refractivity contribution >= 4 is 5.97 Å². The van der Waals surface area contributed by atoms with Gasteiger partial charge in [-0.25, -0.2) is 4.79 Å². The van der Waals surface area contributed by atoms with Gasteiger partial charge in [-0.1, -0.05) is 6.58 Å². The average molecular weight is 186 g/mol. The third-order valence-corrected chi connectivity index (χ3v) is 1.62. The third kappa shape index (κ3) is 3.16. The zero-order valence-corrected chi connectivity index (χ0v) is 7.91. The van der Waals surface area contributed by atoms with Gasteiger partial charge in [0.2, 0.25) is 6.29 Å². The molecule has 0 aromatic heterocycles. The van der Waals surface area contributed by atoms with Gasteiger partial charge in [0.15, 0.2) is 6.29 Å². The summed E-state index contributed by atoms with van der Waals surface area (Å²) in [6.07, 6.45) is 0.0667. The zero-order valence-electron chi connectivity index (χ0n) is 7.91. The molecule has 1 rings (SSSR count). The smallest absolute Gasteiger partial charge is 0.335 e. The van der Waals surface area contributed by atoms with Crippen LogP contribution in [0.15, 0.2) is 12.2 Å². The van der Waals surface area contributed by atoms with E-state index in [1.54, 1.807) is 13.8 Å². The number of rotatable bonds is 4. The van der Waals surface area contributed by atoms with Gasteiger partial charge >= 0.3 is 5.97 Å². The molecular formula is C9H14O4. The van der Waals surface area contributed by atoms with E-state index < -0.39 is 12.3 Å². The van der Waals surface area contributed by atoms with Crippen LogP contribution in [-0.4, -0.2) is 25.2 Å². The van der Waals surface area contributed by atoms with Crippen molar-refractivity contribution in [3.05, 3.63) is 12.2 Å². The largest absolute Gasteiger partial charge is 0.433 e. The molecule has 0 radical (unpaired) electrons. The van der Waals surface area contributed by atoms with E-state index in [-0.39, 0.29) is 6.29 Å². The van der Waals surface area contributed by atoms with Crippen molar-refractivity contribution in [2.24, 2.45) is 0 Å². The Morgan fingerprint density at radius 1 is 1.69 bits per heavy atom. The molecule has 0 saturated carbocycles. The first-order valence-electron chi connectivity index (χ1n) is 4.23. The first kappa shape index (κ1) is 10.2. The topological polar surface area (TPSA) is 44.8 Å². The van der Waals surface area contributed by atoms with Gasteiger partial charge in [0.1, 0.15) is 0 Å². The minimum absolute atomic E-state index is 0.215. The highest BCUT2D eigenvalue weighted by Crippen LogP contribution is 2.15. The minimum Gasteiger partial charge on any atom is -0.433 e. The molecule has 0 spiro atoms. The third-order valence-electron chi connectivity index (χ3n) is 1.62. The molecule has 74 valence electrons. The Morgan fingerprint density at radius 2 is 2.31 bits per heavy atom. The summed E-state index contributed by atoms with van der Waals surface area (Å²) >= 11 is 0. The van der Waals surface area contributed by atoms with Crippen LogP contribution in [0.3, 0.4) is 0 Å². The maximum Gasteiger partial charge on any atom is 0.335 e. The lowest BCUT2D eigenvalue weighted by Gasteiger charge is -2.28. The first-order valence-corrected chi connectivity index (χ1v) is 4.23. The molecule has 2 unspecified atom stereocenters. The molecule has 1 heterocycles. The summed E-state index contributed by atoms with van der Waals surface area (Å²) in [6, 6.07) is 0. The molecule has 1 aliphatic rings. The zero-order chi connectivity index (χ0) is 9.84. The lowest BCUT2D eigenvalue weighted by atomic mass is 10.3. The molecule has 4 heteroatoms. The summed E-state index contributed by atoms with van der Waals surface area (Å²) in [5.74, 6) is -0.438. The summed E-state index contributed by atoms with van der Waals surface area (Å²) in [7, 11) is 0. The lowest BCUT2D eigenvalue weighted by molar-refractivity contribution is -0.275. The van der Waals surface area contributed by atoms with Gasteiger partial charge in [0, 0.05) is 12.0 Å². The van der Waals surface area contributed by atoms with Gasteiger partial charge < -0.3 is 14.2 Å². The Morgan fingerprint density at radius 3 is 2.69 bits per heavy atom. The van der Waals surface area contributed by atoms with E-state index in [1.165, 1.54) is 0 Å². The average Bonchev–Trinajstić information content (AvgIpc) is 1.96. The summed E-state index contributed by atoms with van der Waals surface area (Å²) in [4.78, 5) is 11.0. The van der Waals surface area contributed by atoms with Gasteiger partial charge in [-0.2, -0.15) is 0 Å². The number of carbonyl (C=O) groups excluding carboxylic acids is 1. The monoisotopic (exact) mass is 186 g/mol. The van der Waals surface area contributed by atoms with Crippen molar-refractivity contribution in [2.45, 2.75) is 32.8 Å². The second-order valence-electron chi connectivity index (χ2n) is 2.98. The van der Waals surface area contributed by atoms with Gasteiger partial charge in [-0.3, -0.25) is 0 Å². The quantitative estimate of drug-likeness (QED) is 0.376. The van der Waals surface area contributed by atoms with Crippen LogP contribution in [0.25, 0.3) is 0 Å². The molecule has 0 aromatic carbocycles. The Labute approximate surface area is 77.5 Å². The molecule has 0 aromatic rings. The minimum atomic E-state index is -0.575. The molecule has 13 heavy (non-hydrogen) atoms. The maximum absolute atomic E-state index is 11.0. The van der Waals surface area contributed by atoms with Crippen LogP contribution in [0.5, 0.6) is 0 Å². The normalized spacial score (nSPS) is 23.1. The molecule has 0 bridgehead atoms. The van der Waals surface area contributed by atoms with Crippen molar-refractivity contribution in [1.29, 1.82) is 0 Å². The summed E-state index contributed by atoms with van der Waals surface area (Å²) in [5, 5.41) is 0. The van der Waals surface area contributed by atoms with Gasteiger partial charge in [0.05, 0.1) is 6.61 Å². The highest BCUT2D eigenvalue weighted by Gasteiger charge is 2.22. The van der Waals surface area contributed by atoms with Crippen molar-refractivity contribution < 1.29 is 19.0 Å². The molecule has 2 atom stereocenters. The fourth-order valence-corrected chi connectivity index (χ4v) is 0.814. The molecule has 0 amide bonds. The van der Waals surface area contributed by atoms with Gasteiger partial charge in [-0.15, -0.1) is 0 Å². The molecule has 0 aliphatic carbocycles. The predicted octanol–water partition coefficient (Wildman–Crippen LogP) is 1.21. The summed E-state index contributed by atoms with van der Waals surface area (Å²) < 4.78 is 15.1. The van der Waals surface area contributed by atoms with E-state index in [2.05, 4.69) is 6.58 Å². The predicted molar refractivity (Wildman–Crippen MR) is 45.8 cm³/mol. The Hall–Kier alpha value is -0.870. The number of hydrogen-bond donors (Lipinski definition) is 0. The van der Waals surface area contributed by atoms with Crippen LogP contribution < -0.4 is 0 Å². The number of hydrogen-bond acceptors (Lipinski definition) is 4. The van der Waals surface area contributed by atoms with Crippen molar-refractivity contribution in [1.82, 2.24) is 0 Å². The summed E-state index contributed by atoms with van der Waals surface area (Å²) in [5.41, 5.74) is 0.366. The molecule has 4 nitrogen and oxygen atoms in total. The van der Waals surface area contributed by atoms with E-state index >= 15 is 0 Å². The van der Waals surface area contributed by atoms with Crippen LogP contribution >= 0.6 is 0 Å². The maximum atomic E-state index is 11.0. The second kappa shape index (κ2) is 4.39. The number of esters is 1. The van der Waals surface area contributed by atoms with Crippen molar-refractivity contribution in [3.8, 4) is 0 Å². The molecular weight excluding hydrogens is 172 g/mol. The summed E-state index contributed by atoms with van der Waals surface area (Å²) in [6.45, 7) is 7.42. The Bertz CT molecular complexity index is 208. The van der Waals surface area contributed by atoms with E-state index in [0.29, 0.717) is 12.2 Å². The lowest BCUT2D eigenvalue weighted by Crippen LogP contribution is -2.34. The Balaban J connectivity index is 2.19. The highest BCUT2D eigenvalue weighted by atomic mass is 16.8. The van der Waals surface area contributed by atoms with Crippen LogP contribution in [0.1, 0.15) is 20.3 Å². The van der Waals surface area contributed by atoms with Crippen LogP contribution in [0.4, 0.5) is 0 Å². The molecule has 1 aliphatic heterocycles. The molecule has 0 N–H and O–H groups in total. The van der Waals surface area contributed by atoms with Crippen molar-refractivity contribution in [3.63, 3.8) is 0 Å². The van der Waals surface area contributed by atoms with Crippen molar-refractivity contribution in [2.75, 3.05) is 6.61 Å². The molecule has 1 saturated heterocycles.